The Labute approximate surface area is 845 Å². The predicted octanol–water partition coefficient (Wildman–Crippen LogP) is 40.7. The fourth-order valence-corrected chi connectivity index (χ4v) is 27.0. The molecule has 0 spiro atoms. The van der Waals surface area contributed by atoms with Gasteiger partial charge in [0, 0.05) is 129 Å². The van der Waals surface area contributed by atoms with Crippen LogP contribution in [0.15, 0.2) is 488 Å². The van der Waals surface area contributed by atoms with E-state index in [0.29, 0.717) is 0 Å². The fourth-order valence-electron chi connectivity index (χ4n) is 24.8. The zero-order valence-electron chi connectivity index (χ0n) is 80.1. The number of hydrogen-bond donors (Lipinski definition) is 0. The summed E-state index contributed by atoms with van der Waals surface area (Å²) >= 11 is 3.72. The summed E-state index contributed by atoms with van der Waals surface area (Å²) < 4.78 is 18.3. The lowest BCUT2D eigenvalue weighted by molar-refractivity contribution is 0.666. The Hall–Kier alpha value is -17.7. The van der Waals surface area contributed by atoms with Crippen LogP contribution in [0.5, 0.6) is 0 Å². The fraction of sp³-hybridized carbons (Fsp3) is 0.0435. The van der Waals surface area contributed by atoms with Gasteiger partial charge in [0.05, 0.1) is 5.69 Å². The second-order valence-corrected chi connectivity index (χ2v) is 42.0. The van der Waals surface area contributed by atoms with Gasteiger partial charge in [-0.3, -0.25) is 0 Å². The smallest absolute Gasteiger partial charge is 0.159 e. The van der Waals surface area contributed by atoms with Gasteiger partial charge in [-0.1, -0.05) is 355 Å². The monoisotopic (exact) mass is 1890 g/mol. The summed E-state index contributed by atoms with van der Waals surface area (Å²) in [5.41, 5.74) is 27.2. The van der Waals surface area contributed by atoms with E-state index in [0.717, 1.165) is 95.1 Å². The lowest BCUT2D eigenvalue weighted by atomic mass is 9.78. The summed E-state index contributed by atoms with van der Waals surface area (Å²) in [4.78, 5) is 7.06. The van der Waals surface area contributed by atoms with E-state index in [4.69, 9.17) is 8.83 Å². The van der Waals surface area contributed by atoms with Crippen LogP contribution in [-0.2, 0) is 10.8 Å². The minimum absolute atomic E-state index is 0.0659. The van der Waals surface area contributed by atoms with Crippen molar-refractivity contribution in [2.24, 2.45) is 0 Å². The number of anilines is 9. The van der Waals surface area contributed by atoms with E-state index in [1.165, 1.54) is 193 Å². The molecule has 0 aliphatic heterocycles. The van der Waals surface area contributed by atoms with Gasteiger partial charge in [0.15, 0.2) is 5.58 Å². The molecule has 7 heteroatoms. The topological polar surface area (TPSA) is 36.0 Å². The minimum Gasteiger partial charge on any atom is -0.455 e. The number of fused-ring (bicyclic) bond motifs is 39. The standard InChI is InChI=1S/C51H35NO.C45H31NS.C42H25NOS/c1-51(2)44-20-10-8-18-42(44)48-40-17-7-6-16-39(40)47-37-29-25-33(31-34(37)26-30-43(47)49(48)51)32-23-27-36(28-24-32)52(35-13-4-3-5-14-35)45-21-12-19-41-38-15-9-11-22-46(38)53-50(41)45;1-45(2)39-18-10-8-17-36(39)43-37-23-20-28-26-30(21-24-32(28)42(37)34-15-6-7-16-35(34)44(43)45)46(29-12-4-3-5-13-29)31-22-25-41-38(27-31)33-14-9-11-19-40(33)47-41;1-2-10-27(11-3-1)43(29-20-23-39-36(25-29)31-12-7-9-17-38(31)45-39)28-19-22-30-26(24-28)18-21-35-40(30)32-13-4-5-14-33(32)41-34-15-6-8-16-37(34)44-42(35)41/h3-31H,1-2H3;3-27H,1-2H3;1-25H. The van der Waals surface area contributed by atoms with Gasteiger partial charge in [0.2, 0.25) is 0 Å². The van der Waals surface area contributed by atoms with E-state index in [2.05, 4.69) is 503 Å². The number of hydrogen-bond acceptors (Lipinski definition) is 7. The first-order chi connectivity index (χ1) is 71.4. The van der Waals surface area contributed by atoms with Crippen LogP contribution in [0.2, 0.25) is 0 Å². The molecule has 0 fully saturated rings. The molecule has 0 amide bonds. The van der Waals surface area contributed by atoms with Crippen LogP contribution in [0.3, 0.4) is 0 Å². The molecule has 145 heavy (non-hydrogen) atoms. The first-order valence-electron chi connectivity index (χ1n) is 50.1. The average molecular weight is 1890 g/mol. The summed E-state index contributed by atoms with van der Waals surface area (Å²) in [6, 6.07) is 175. The van der Waals surface area contributed by atoms with Crippen molar-refractivity contribution in [3.05, 3.63) is 501 Å². The maximum Gasteiger partial charge on any atom is 0.159 e. The molecule has 0 saturated carbocycles. The van der Waals surface area contributed by atoms with Gasteiger partial charge in [0.1, 0.15) is 16.7 Å². The molecule has 2 aliphatic rings. The summed E-state index contributed by atoms with van der Waals surface area (Å²) in [5, 5.41) is 32.9. The molecular weight excluding hydrogens is 1800 g/mol. The van der Waals surface area contributed by atoms with Gasteiger partial charge in [-0.25, -0.2) is 0 Å². The molecule has 25 aromatic carbocycles. The van der Waals surface area contributed by atoms with Crippen molar-refractivity contribution in [1.29, 1.82) is 0 Å². The molecule has 0 saturated heterocycles. The summed E-state index contributed by atoms with van der Waals surface area (Å²) in [6.45, 7) is 9.55. The first kappa shape index (κ1) is 84.2. The number of furan rings is 2. The number of thiophene rings is 2. The van der Waals surface area contributed by atoms with Gasteiger partial charge in [-0.2, -0.15) is 0 Å². The summed E-state index contributed by atoms with van der Waals surface area (Å²) in [7, 11) is 0. The highest BCUT2D eigenvalue weighted by Crippen LogP contribution is 2.59. The van der Waals surface area contributed by atoms with Crippen molar-refractivity contribution < 1.29 is 8.83 Å². The molecular formula is C138H91N3O2S2. The molecule has 5 nitrogen and oxygen atoms in total. The van der Waals surface area contributed by atoms with Gasteiger partial charge >= 0.3 is 0 Å². The molecule has 0 N–H and O–H groups in total. The number of para-hydroxylation sites is 6. The zero-order valence-corrected chi connectivity index (χ0v) is 81.7. The van der Waals surface area contributed by atoms with Crippen molar-refractivity contribution in [3.63, 3.8) is 0 Å². The summed E-state index contributed by atoms with van der Waals surface area (Å²) in [6.07, 6.45) is 0. The van der Waals surface area contributed by atoms with E-state index in [-0.39, 0.29) is 10.8 Å². The summed E-state index contributed by atoms with van der Waals surface area (Å²) in [5.74, 6) is 0. The molecule has 2 aliphatic carbocycles. The third-order valence-corrected chi connectivity index (χ3v) is 33.5. The highest BCUT2D eigenvalue weighted by molar-refractivity contribution is 7.26. The Balaban J connectivity index is 0.000000104. The number of benzene rings is 25. The van der Waals surface area contributed by atoms with Crippen molar-refractivity contribution in [2.75, 3.05) is 14.7 Å². The second-order valence-electron chi connectivity index (χ2n) is 39.9. The number of nitrogens with zero attached hydrogens (tertiary/aromatic N) is 3. The van der Waals surface area contributed by atoms with E-state index in [1.54, 1.807) is 0 Å². The third kappa shape index (κ3) is 13.1. The largest absolute Gasteiger partial charge is 0.455 e. The van der Waals surface area contributed by atoms with E-state index < -0.39 is 0 Å². The molecule has 31 rings (SSSR count). The molecule has 0 radical (unpaired) electrons. The molecule has 0 atom stereocenters. The van der Waals surface area contributed by atoms with Crippen LogP contribution >= 0.6 is 22.7 Å². The maximum absolute atomic E-state index is 6.55. The van der Waals surface area contributed by atoms with Crippen molar-refractivity contribution in [2.45, 2.75) is 38.5 Å². The highest BCUT2D eigenvalue weighted by atomic mass is 32.1. The van der Waals surface area contributed by atoms with E-state index in [1.807, 2.05) is 40.9 Å². The quantitative estimate of drug-likeness (QED) is 0.128. The minimum atomic E-state index is -0.0901. The lowest BCUT2D eigenvalue weighted by Gasteiger charge is -2.26. The first-order valence-corrected chi connectivity index (χ1v) is 51.7. The Bertz CT molecular complexity index is 10400. The predicted molar refractivity (Wildman–Crippen MR) is 622 cm³/mol. The van der Waals surface area contributed by atoms with E-state index in [9.17, 15) is 0 Å². The van der Waals surface area contributed by atoms with E-state index >= 15 is 0 Å². The van der Waals surface area contributed by atoms with Crippen molar-refractivity contribution in [3.8, 4) is 33.4 Å². The highest BCUT2D eigenvalue weighted by Gasteiger charge is 2.41. The number of rotatable bonds is 10. The maximum atomic E-state index is 6.55. The van der Waals surface area contributed by atoms with Crippen molar-refractivity contribution >= 4 is 255 Å². The molecule has 29 aromatic rings. The molecule has 0 unspecified atom stereocenters. The zero-order chi connectivity index (χ0) is 96.0. The van der Waals surface area contributed by atoms with Crippen LogP contribution in [0, 0.1) is 0 Å². The van der Waals surface area contributed by atoms with Crippen LogP contribution in [-0.4, -0.2) is 0 Å². The molecule has 0 bridgehead atoms. The Morgan fingerprint density at radius 2 is 0.545 bits per heavy atom. The molecule has 682 valence electrons. The molecule has 4 aromatic heterocycles. The third-order valence-electron chi connectivity index (χ3n) is 31.2. The molecule has 4 heterocycles. The normalized spacial score (nSPS) is 12.9. The van der Waals surface area contributed by atoms with Crippen molar-refractivity contribution in [1.82, 2.24) is 0 Å². The van der Waals surface area contributed by atoms with Crippen LogP contribution in [0.4, 0.5) is 51.2 Å². The van der Waals surface area contributed by atoms with Gasteiger partial charge in [-0.05, 0) is 293 Å². The van der Waals surface area contributed by atoms with Gasteiger partial charge in [-0.15, -0.1) is 22.7 Å². The van der Waals surface area contributed by atoms with Gasteiger partial charge < -0.3 is 23.5 Å². The van der Waals surface area contributed by atoms with Crippen LogP contribution in [0.1, 0.15) is 49.9 Å². The SMILES string of the molecule is CC1(C)c2ccccc2-c2c1c1ccc3cc(-c4ccc(N(c5ccccc5)c5cccc6c5oc5ccccc56)cc4)ccc3c1c1ccccc21.CC1(C)c2ccccc2-c2c1c1ccccc1c1c2ccc2cc(N(c3ccccc3)c3ccc4sc5ccccc5c4c3)ccc21.c1ccc(N(c2ccc3c(ccc4c5oc6ccccc6c5c5ccccc5c34)c2)c2ccc3sc4ccccc4c3c2)cc1. The average Bonchev–Trinajstić information content (AvgIpc) is 1.57. The van der Waals surface area contributed by atoms with Crippen LogP contribution in [0.25, 0.3) is 215 Å². The Morgan fingerprint density at radius 1 is 0.193 bits per heavy atom. The Morgan fingerprint density at radius 3 is 1.12 bits per heavy atom. The Kier molecular flexibility index (Phi) is 19.1. The van der Waals surface area contributed by atoms with Gasteiger partial charge in [0.25, 0.3) is 0 Å². The second kappa shape index (κ2) is 32.9. The lowest BCUT2D eigenvalue weighted by Crippen LogP contribution is -2.15. The van der Waals surface area contributed by atoms with Crippen LogP contribution < -0.4 is 14.7 Å².